The molecule has 0 bridgehead atoms. The third-order valence-corrected chi connectivity index (χ3v) is 4.22. The van der Waals surface area contributed by atoms with E-state index in [0.717, 1.165) is 25.9 Å². The van der Waals surface area contributed by atoms with Crippen molar-refractivity contribution in [3.05, 3.63) is 18.2 Å². The van der Waals surface area contributed by atoms with E-state index in [4.69, 9.17) is 14.2 Å². The molecule has 0 aromatic heterocycles. The molecule has 0 spiro atoms. The van der Waals surface area contributed by atoms with E-state index in [1.165, 1.54) is 7.11 Å². The topological polar surface area (TPSA) is 105 Å². The maximum Gasteiger partial charge on any atom is 0.261 e. The van der Waals surface area contributed by atoms with Crippen molar-refractivity contribution in [3.8, 4) is 17.6 Å². The Morgan fingerprint density at radius 1 is 1.21 bits per heavy atom. The van der Waals surface area contributed by atoms with Crippen LogP contribution in [0.1, 0.15) is 39.5 Å². The Hall–Kier alpha value is -2.79. The first-order valence-corrected chi connectivity index (χ1v) is 9.89. The number of aliphatic imine (C=N–C) groups is 1. The SMILES string of the molecule is CCCCOCCCN=C(CC)C(C#N)C(=O)NNc1cc(OC)ccc1OC. The van der Waals surface area contributed by atoms with Crippen molar-refractivity contribution < 1.29 is 19.0 Å². The zero-order valence-corrected chi connectivity index (χ0v) is 17.8. The van der Waals surface area contributed by atoms with Crippen LogP contribution in [0.2, 0.25) is 0 Å². The van der Waals surface area contributed by atoms with Crippen molar-refractivity contribution in [2.45, 2.75) is 39.5 Å². The number of amides is 1. The highest BCUT2D eigenvalue weighted by atomic mass is 16.5. The normalized spacial score (nSPS) is 12.0. The van der Waals surface area contributed by atoms with Gasteiger partial charge in [-0.15, -0.1) is 0 Å². The van der Waals surface area contributed by atoms with Crippen LogP contribution in [0.3, 0.4) is 0 Å². The number of methoxy groups -OCH3 is 2. The second-order valence-electron chi connectivity index (χ2n) is 6.29. The minimum absolute atomic E-state index is 0.475. The number of rotatable bonds is 14. The molecule has 0 saturated carbocycles. The molecule has 29 heavy (non-hydrogen) atoms. The molecule has 1 atom stereocenters. The minimum Gasteiger partial charge on any atom is -0.497 e. The highest BCUT2D eigenvalue weighted by molar-refractivity contribution is 6.06. The van der Waals surface area contributed by atoms with Crippen LogP contribution in [0.5, 0.6) is 11.5 Å². The Morgan fingerprint density at radius 2 is 1.97 bits per heavy atom. The lowest BCUT2D eigenvalue weighted by Gasteiger charge is -2.16. The Kier molecular flexibility index (Phi) is 11.9. The van der Waals surface area contributed by atoms with Crippen LogP contribution in [0.4, 0.5) is 5.69 Å². The molecule has 0 aliphatic rings. The number of hydrogen-bond donors (Lipinski definition) is 2. The van der Waals surface area contributed by atoms with Gasteiger partial charge in [-0.3, -0.25) is 20.6 Å². The van der Waals surface area contributed by atoms with Crippen molar-refractivity contribution in [1.29, 1.82) is 5.26 Å². The number of anilines is 1. The third kappa shape index (κ3) is 8.40. The number of hydrazine groups is 1. The molecule has 0 fully saturated rings. The summed E-state index contributed by atoms with van der Waals surface area (Å²) in [5, 5.41) is 9.49. The lowest BCUT2D eigenvalue weighted by atomic mass is 10.0. The number of benzene rings is 1. The van der Waals surface area contributed by atoms with E-state index in [9.17, 15) is 10.1 Å². The van der Waals surface area contributed by atoms with Gasteiger partial charge in [-0.2, -0.15) is 5.26 Å². The van der Waals surface area contributed by atoms with E-state index < -0.39 is 11.8 Å². The number of nitrogens with zero attached hydrogens (tertiary/aromatic N) is 2. The fraction of sp³-hybridized carbons (Fsp3) is 0.571. The summed E-state index contributed by atoms with van der Waals surface area (Å²) in [4.78, 5) is 17.0. The fourth-order valence-corrected chi connectivity index (χ4v) is 2.54. The van der Waals surface area contributed by atoms with Crippen molar-refractivity contribution in [2.24, 2.45) is 10.9 Å². The van der Waals surface area contributed by atoms with Gasteiger partial charge in [0.15, 0.2) is 5.92 Å². The molecule has 1 unspecified atom stereocenters. The number of hydrogen-bond acceptors (Lipinski definition) is 7. The Bertz CT molecular complexity index is 700. The molecular formula is C21H32N4O4. The Balaban J connectivity index is 2.65. The molecule has 1 rings (SSSR count). The van der Waals surface area contributed by atoms with Gasteiger partial charge in [-0.1, -0.05) is 20.3 Å². The fourth-order valence-electron chi connectivity index (χ4n) is 2.54. The van der Waals surface area contributed by atoms with E-state index in [0.29, 0.717) is 42.5 Å². The molecule has 0 aliphatic carbocycles. The summed E-state index contributed by atoms with van der Waals surface area (Å²) in [6, 6.07) is 7.19. The zero-order valence-electron chi connectivity index (χ0n) is 17.8. The zero-order chi connectivity index (χ0) is 21.5. The molecule has 0 saturated heterocycles. The highest BCUT2D eigenvalue weighted by Crippen LogP contribution is 2.28. The van der Waals surface area contributed by atoms with E-state index in [2.05, 4.69) is 22.8 Å². The van der Waals surface area contributed by atoms with Gasteiger partial charge in [-0.05, 0) is 31.4 Å². The van der Waals surface area contributed by atoms with Crippen molar-refractivity contribution in [2.75, 3.05) is 39.4 Å². The maximum atomic E-state index is 12.5. The number of carbonyl (C=O) groups excluding carboxylic acids is 1. The summed E-state index contributed by atoms with van der Waals surface area (Å²) < 4.78 is 16.0. The molecule has 0 heterocycles. The number of unbranched alkanes of at least 4 members (excludes halogenated alkanes) is 1. The van der Waals surface area contributed by atoms with Gasteiger partial charge >= 0.3 is 0 Å². The van der Waals surface area contributed by atoms with Crippen LogP contribution in [-0.4, -0.2) is 45.6 Å². The second kappa shape index (κ2) is 14.2. The number of carbonyl (C=O) groups is 1. The first-order chi connectivity index (χ1) is 14.1. The van der Waals surface area contributed by atoms with Gasteiger partial charge in [0, 0.05) is 31.5 Å². The molecule has 8 nitrogen and oxygen atoms in total. The molecule has 0 radical (unpaired) electrons. The average Bonchev–Trinajstić information content (AvgIpc) is 2.75. The van der Waals surface area contributed by atoms with Gasteiger partial charge in [0.25, 0.3) is 5.91 Å². The monoisotopic (exact) mass is 404 g/mol. The number of nitrogens with one attached hydrogen (secondary N) is 2. The summed E-state index contributed by atoms with van der Waals surface area (Å²) >= 11 is 0. The van der Waals surface area contributed by atoms with Gasteiger partial charge < -0.3 is 14.2 Å². The van der Waals surface area contributed by atoms with Crippen LogP contribution >= 0.6 is 0 Å². The standard InChI is InChI=1S/C21H32N4O4/c1-5-7-12-29-13-8-11-23-18(6-2)17(15-22)21(26)25-24-19-14-16(27-3)9-10-20(19)28-4/h9-10,14,17,24H,5-8,11-13H2,1-4H3,(H,25,26). The quantitative estimate of drug-likeness (QED) is 0.280. The first-order valence-electron chi connectivity index (χ1n) is 9.89. The van der Waals surface area contributed by atoms with Gasteiger partial charge in [0.1, 0.15) is 11.5 Å². The Morgan fingerprint density at radius 3 is 2.59 bits per heavy atom. The van der Waals surface area contributed by atoms with Crippen LogP contribution in [0.15, 0.2) is 23.2 Å². The molecule has 1 aromatic carbocycles. The predicted octanol–water partition coefficient (Wildman–Crippen LogP) is 3.34. The molecule has 160 valence electrons. The first kappa shape index (κ1) is 24.2. The summed E-state index contributed by atoms with van der Waals surface area (Å²) in [5.41, 5.74) is 6.44. The number of nitriles is 1. The molecule has 8 heteroatoms. The van der Waals surface area contributed by atoms with E-state index in [1.54, 1.807) is 25.3 Å². The lowest BCUT2D eigenvalue weighted by molar-refractivity contribution is -0.121. The van der Waals surface area contributed by atoms with E-state index in [-0.39, 0.29) is 0 Å². The molecule has 0 aliphatic heterocycles. The molecule has 1 amide bonds. The summed E-state index contributed by atoms with van der Waals surface area (Å²) in [7, 11) is 3.08. The summed E-state index contributed by atoms with van der Waals surface area (Å²) in [6.07, 6.45) is 3.43. The highest BCUT2D eigenvalue weighted by Gasteiger charge is 2.23. The van der Waals surface area contributed by atoms with Crippen LogP contribution in [-0.2, 0) is 9.53 Å². The minimum atomic E-state index is -0.967. The predicted molar refractivity (Wildman–Crippen MR) is 113 cm³/mol. The van der Waals surface area contributed by atoms with Crippen molar-refractivity contribution in [3.63, 3.8) is 0 Å². The average molecular weight is 405 g/mol. The van der Waals surface area contributed by atoms with E-state index >= 15 is 0 Å². The number of ether oxygens (including phenoxy) is 3. The summed E-state index contributed by atoms with van der Waals surface area (Å²) in [5.74, 6) is -0.300. The molecular weight excluding hydrogens is 372 g/mol. The van der Waals surface area contributed by atoms with Crippen LogP contribution in [0.25, 0.3) is 0 Å². The van der Waals surface area contributed by atoms with Crippen molar-refractivity contribution in [1.82, 2.24) is 5.43 Å². The maximum absolute atomic E-state index is 12.5. The van der Waals surface area contributed by atoms with Gasteiger partial charge in [0.05, 0.1) is 26.0 Å². The van der Waals surface area contributed by atoms with E-state index in [1.807, 2.05) is 13.0 Å². The third-order valence-electron chi connectivity index (χ3n) is 4.22. The smallest absolute Gasteiger partial charge is 0.261 e. The Labute approximate surface area is 173 Å². The molecule has 2 N–H and O–H groups in total. The summed E-state index contributed by atoms with van der Waals surface area (Å²) in [6.45, 7) is 5.91. The van der Waals surface area contributed by atoms with Gasteiger partial charge in [-0.25, -0.2) is 0 Å². The largest absolute Gasteiger partial charge is 0.497 e. The van der Waals surface area contributed by atoms with Crippen LogP contribution < -0.4 is 20.3 Å². The van der Waals surface area contributed by atoms with Gasteiger partial charge in [0.2, 0.25) is 0 Å². The van der Waals surface area contributed by atoms with Crippen LogP contribution in [0, 0.1) is 17.2 Å². The second-order valence-corrected chi connectivity index (χ2v) is 6.29. The molecule has 1 aromatic rings. The van der Waals surface area contributed by atoms with Crippen molar-refractivity contribution >= 4 is 17.3 Å². The lowest BCUT2D eigenvalue weighted by Crippen LogP contribution is -2.38.